The summed E-state index contributed by atoms with van der Waals surface area (Å²) in [5, 5.41) is 4.72. The lowest BCUT2D eigenvalue weighted by Crippen LogP contribution is -2.08. The molecule has 10 aromatic rings. The molecule has 0 fully saturated rings. The summed E-state index contributed by atoms with van der Waals surface area (Å²) in [4.78, 5) is 10.4. The monoisotopic (exact) mass is 641 g/mol. The van der Waals surface area contributed by atoms with E-state index in [4.69, 9.17) is 9.97 Å². The Labute approximate surface area is 288 Å². The molecule has 5 heteroatoms. The fraction of sp³-hybridized carbons (Fsp3) is 0.0222. The van der Waals surface area contributed by atoms with Gasteiger partial charge < -0.3 is 4.57 Å². The van der Waals surface area contributed by atoms with E-state index in [0.717, 1.165) is 56.0 Å². The summed E-state index contributed by atoms with van der Waals surface area (Å²) in [7, 11) is 0. The molecule has 6 aromatic carbocycles. The lowest BCUT2D eigenvalue weighted by Gasteiger charge is -2.13. The molecular weight excluding hydrogens is 611 g/mol. The quantitative estimate of drug-likeness (QED) is 0.175. The van der Waals surface area contributed by atoms with Crippen molar-refractivity contribution in [3.05, 3.63) is 170 Å². The SMILES string of the molecule is C=C/C=C\c1c(C)c2cc(-c3ccc(-n4c5ccccc5c5ccccc54)cc3)ccc2n1-c1nc2ccccc2c2nc3ccccc3n12. The standard InChI is InChI=1S/C45H31N5/c1-3-4-18-39-29(2)36-28-31(30-22-25-32(26-23-30)48-40-19-10-6-13-33(40)34-14-7-11-20-41(34)48)24-27-42(36)49(39)45-47-37-16-8-5-15-35(37)44-46-38-17-9-12-21-43(38)50(44)45/h3-28H,1H2,2H3/b18-4-. The first-order chi connectivity index (χ1) is 24.7. The van der Waals surface area contributed by atoms with Crippen molar-refractivity contribution in [1.82, 2.24) is 23.5 Å². The van der Waals surface area contributed by atoms with Crippen molar-refractivity contribution in [3.8, 4) is 22.8 Å². The minimum atomic E-state index is 0.803. The van der Waals surface area contributed by atoms with Crippen LogP contribution in [0, 0.1) is 6.92 Å². The Balaban J connectivity index is 1.16. The summed E-state index contributed by atoms with van der Waals surface area (Å²) in [6.45, 7) is 6.16. The maximum atomic E-state index is 5.31. The maximum Gasteiger partial charge on any atom is 0.221 e. The molecule has 4 heterocycles. The minimum Gasteiger partial charge on any atom is -0.309 e. The van der Waals surface area contributed by atoms with Crippen molar-refractivity contribution in [2.45, 2.75) is 6.92 Å². The highest BCUT2D eigenvalue weighted by atomic mass is 15.2. The van der Waals surface area contributed by atoms with Gasteiger partial charge in [0.25, 0.3) is 0 Å². The fourth-order valence-electron chi connectivity index (χ4n) is 7.70. The van der Waals surface area contributed by atoms with Gasteiger partial charge in [0.1, 0.15) is 5.65 Å². The molecule has 0 bridgehead atoms. The predicted molar refractivity (Wildman–Crippen MR) is 209 cm³/mol. The van der Waals surface area contributed by atoms with Crippen molar-refractivity contribution in [2.75, 3.05) is 0 Å². The zero-order valence-electron chi connectivity index (χ0n) is 27.5. The largest absolute Gasteiger partial charge is 0.309 e. The number of benzene rings is 6. The number of rotatable bonds is 5. The van der Waals surface area contributed by atoms with E-state index in [2.05, 4.69) is 154 Å². The highest BCUT2D eigenvalue weighted by Crippen LogP contribution is 2.37. The van der Waals surface area contributed by atoms with Gasteiger partial charge in [-0.15, -0.1) is 0 Å². The van der Waals surface area contributed by atoms with Gasteiger partial charge in [0, 0.05) is 27.2 Å². The number of allylic oxidation sites excluding steroid dienone is 2. The molecule has 0 atom stereocenters. The van der Waals surface area contributed by atoms with E-state index < -0.39 is 0 Å². The second-order valence-corrected chi connectivity index (χ2v) is 12.8. The topological polar surface area (TPSA) is 40.0 Å². The summed E-state index contributed by atoms with van der Waals surface area (Å²) in [6.07, 6.45) is 5.95. The second kappa shape index (κ2) is 10.9. The average Bonchev–Trinajstić information content (AvgIpc) is 3.81. The van der Waals surface area contributed by atoms with Gasteiger partial charge in [0.15, 0.2) is 0 Å². The predicted octanol–water partition coefficient (Wildman–Crippen LogP) is 11.3. The zero-order chi connectivity index (χ0) is 33.3. The van der Waals surface area contributed by atoms with Crippen LogP contribution in [0.1, 0.15) is 11.3 Å². The van der Waals surface area contributed by atoms with Gasteiger partial charge in [0.2, 0.25) is 5.95 Å². The molecule has 10 rings (SSSR count). The van der Waals surface area contributed by atoms with Crippen LogP contribution in [0.15, 0.2) is 158 Å². The van der Waals surface area contributed by atoms with Gasteiger partial charge >= 0.3 is 0 Å². The molecule has 0 aliphatic carbocycles. The summed E-state index contributed by atoms with van der Waals surface area (Å²) < 4.78 is 6.83. The van der Waals surface area contributed by atoms with Crippen LogP contribution in [0.4, 0.5) is 0 Å². The lowest BCUT2D eigenvalue weighted by atomic mass is 10.0. The van der Waals surface area contributed by atoms with E-state index in [9.17, 15) is 0 Å². The Hall–Kier alpha value is -6.72. The third-order valence-corrected chi connectivity index (χ3v) is 10.0. The van der Waals surface area contributed by atoms with Gasteiger partial charge in [-0.3, -0.25) is 8.97 Å². The Kier molecular flexibility index (Phi) is 6.17. The Morgan fingerprint density at radius 1 is 0.540 bits per heavy atom. The van der Waals surface area contributed by atoms with Crippen molar-refractivity contribution in [1.29, 1.82) is 0 Å². The highest BCUT2D eigenvalue weighted by Gasteiger charge is 2.21. The molecule has 5 nitrogen and oxygen atoms in total. The van der Waals surface area contributed by atoms with Crippen LogP contribution in [-0.4, -0.2) is 23.5 Å². The molecule has 0 saturated heterocycles. The van der Waals surface area contributed by atoms with Crippen LogP contribution in [-0.2, 0) is 0 Å². The van der Waals surface area contributed by atoms with Gasteiger partial charge in [-0.2, -0.15) is 0 Å². The van der Waals surface area contributed by atoms with Crippen LogP contribution in [0.2, 0.25) is 0 Å². The first-order valence-electron chi connectivity index (χ1n) is 16.9. The molecule has 0 radical (unpaired) electrons. The molecule has 50 heavy (non-hydrogen) atoms. The van der Waals surface area contributed by atoms with E-state index in [1.54, 1.807) is 0 Å². The van der Waals surface area contributed by atoms with E-state index in [0.29, 0.717) is 0 Å². The van der Waals surface area contributed by atoms with Gasteiger partial charge in [0.05, 0.1) is 38.8 Å². The van der Waals surface area contributed by atoms with Crippen LogP contribution in [0.25, 0.3) is 89.1 Å². The molecule has 236 valence electrons. The lowest BCUT2D eigenvalue weighted by molar-refractivity contribution is 0.941. The smallest absolute Gasteiger partial charge is 0.221 e. The normalized spacial score (nSPS) is 12.1. The van der Waals surface area contributed by atoms with Crippen LogP contribution < -0.4 is 0 Å². The molecular formula is C45H31N5. The average molecular weight is 642 g/mol. The van der Waals surface area contributed by atoms with Crippen molar-refractivity contribution in [3.63, 3.8) is 0 Å². The van der Waals surface area contributed by atoms with Crippen LogP contribution in [0.5, 0.6) is 0 Å². The molecule has 0 aliphatic heterocycles. The maximum absolute atomic E-state index is 5.31. The molecule has 0 aliphatic rings. The molecule has 0 unspecified atom stereocenters. The summed E-state index contributed by atoms with van der Waals surface area (Å²) in [5.41, 5.74) is 13.0. The number of hydrogen-bond donors (Lipinski definition) is 0. The van der Waals surface area contributed by atoms with Crippen molar-refractivity contribution in [2.24, 2.45) is 0 Å². The third-order valence-electron chi connectivity index (χ3n) is 10.0. The fourth-order valence-corrected chi connectivity index (χ4v) is 7.70. The van der Waals surface area contributed by atoms with Crippen LogP contribution in [0.3, 0.4) is 0 Å². The summed E-state index contributed by atoms with van der Waals surface area (Å²) in [6, 6.07) is 49.5. The molecule has 0 amide bonds. The van der Waals surface area contributed by atoms with Gasteiger partial charge in [-0.1, -0.05) is 97.6 Å². The zero-order valence-corrected chi connectivity index (χ0v) is 27.5. The number of aryl methyl sites for hydroxylation is 1. The van der Waals surface area contributed by atoms with E-state index in [1.165, 1.54) is 38.3 Å². The van der Waals surface area contributed by atoms with Crippen LogP contribution >= 0.6 is 0 Å². The number of nitrogens with zero attached hydrogens (tertiary/aromatic N) is 5. The highest BCUT2D eigenvalue weighted by molar-refractivity contribution is 6.09. The number of para-hydroxylation sites is 5. The molecule has 0 spiro atoms. The summed E-state index contributed by atoms with van der Waals surface area (Å²) in [5.74, 6) is 0.803. The Morgan fingerprint density at radius 3 is 1.86 bits per heavy atom. The van der Waals surface area contributed by atoms with E-state index in [-0.39, 0.29) is 0 Å². The number of aromatic nitrogens is 5. The van der Waals surface area contributed by atoms with E-state index >= 15 is 0 Å². The third kappa shape index (κ3) is 4.07. The Morgan fingerprint density at radius 2 is 1.14 bits per heavy atom. The first-order valence-corrected chi connectivity index (χ1v) is 16.9. The number of imidazole rings is 1. The number of fused-ring (bicyclic) bond motifs is 9. The molecule has 0 N–H and O–H groups in total. The second-order valence-electron chi connectivity index (χ2n) is 12.8. The minimum absolute atomic E-state index is 0.803. The van der Waals surface area contributed by atoms with Crippen molar-refractivity contribution >= 4 is 66.4 Å². The van der Waals surface area contributed by atoms with Gasteiger partial charge in [-0.25, -0.2) is 9.97 Å². The summed E-state index contributed by atoms with van der Waals surface area (Å²) >= 11 is 0. The Bertz CT molecular complexity index is 2950. The van der Waals surface area contributed by atoms with Gasteiger partial charge in [-0.05, 0) is 90.4 Å². The molecule has 4 aromatic heterocycles. The first kappa shape index (κ1) is 28.3. The van der Waals surface area contributed by atoms with Crippen molar-refractivity contribution < 1.29 is 0 Å². The van der Waals surface area contributed by atoms with E-state index in [1.807, 2.05) is 30.4 Å². The molecule has 0 saturated carbocycles. The number of hydrogen-bond acceptors (Lipinski definition) is 2.